The smallest absolute Gasteiger partial charge is 0.125 e. The second-order valence-electron chi connectivity index (χ2n) is 5.50. The molecule has 1 fully saturated rings. The molecule has 1 aromatic carbocycles. The van der Waals surface area contributed by atoms with Crippen molar-refractivity contribution >= 4 is 33.5 Å². The second kappa shape index (κ2) is 3.70. The summed E-state index contributed by atoms with van der Waals surface area (Å²) in [6.45, 7) is 2.28. The van der Waals surface area contributed by atoms with E-state index in [1.165, 1.54) is 18.4 Å². The number of pyridine rings is 1. The highest BCUT2D eigenvalue weighted by atomic mass is 35.5. The van der Waals surface area contributed by atoms with Crippen molar-refractivity contribution in [2.45, 2.75) is 31.2 Å². The molecule has 0 aliphatic heterocycles. The number of imidazole rings is 1. The molecule has 0 amide bonds. The van der Waals surface area contributed by atoms with Crippen LogP contribution in [0.3, 0.4) is 0 Å². The van der Waals surface area contributed by atoms with E-state index in [4.69, 9.17) is 11.6 Å². The van der Waals surface area contributed by atoms with Crippen molar-refractivity contribution < 1.29 is 0 Å². The fourth-order valence-corrected chi connectivity index (χ4v) is 3.01. The van der Waals surface area contributed by atoms with Crippen LogP contribution in [0.2, 0.25) is 0 Å². The molecule has 2 heterocycles. The van der Waals surface area contributed by atoms with Gasteiger partial charge >= 0.3 is 0 Å². The number of rotatable bonds is 2. The van der Waals surface area contributed by atoms with Crippen molar-refractivity contribution in [3.63, 3.8) is 0 Å². The van der Waals surface area contributed by atoms with Gasteiger partial charge in [-0.25, -0.2) is 4.98 Å². The van der Waals surface area contributed by atoms with E-state index in [2.05, 4.69) is 33.6 Å². The van der Waals surface area contributed by atoms with Gasteiger partial charge in [0, 0.05) is 10.9 Å². The van der Waals surface area contributed by atoms with Crippen LogP contribution < -0.4 is 0 Å². The molecular formula is C15H14ClN3. The van der Waals surface area contributed by atoms with Gasteiger partial charge in [-0.2, -0.15) is 0 Å². The van der Waals surface area contributed by atoms with Crippen LogP contribution in [-0.4, -0.2) is 14.5 Å². The molecule has 2 aromatic heterocycles. The number of benzene rings is 1. The Morgan fingerprint density at radius 3 is 2.79 bits per heavy atom. The fraction of sp³-hybridized carbons (Fsp3) is 0.333. The summed E-state index contributed by atoms with van der Waals surface area (Å²) in [7, 11) is 0. The van der Waals surface area contributed by atoms with E-state index in [9.17, 15) is 0 Å². The summed E-state index contributed by atoms with van der Waals surface area (Å²) in [4.78, 5) is 9.14. The van der Waals surface area contributed by atoms with Crippen LogP contribution in [0.4, 0.5) is 0 Å². The maximum absolute atomic E-state index is 6.08. The molecule has 96 valence electrons. The summed E-state index contributed by atoms with van der Waals surface area (Å²) in [5.41, 5.74) is 3.33. The molecule has 1 aliphatic carbocycles. The highest BCUT2D eigenvalue weighted by Crippen LogP contribution is 2.46. The number of fused-ring (bicyclic) bond motifs is 3. The molecule has 0 atom stereocenters. The van der Waals surface area contributed by atoms with Crippen molar-refractivity contribution in [3.8, 4) is 0 Å². The first-order valence-corrected chi connectivity index (χ1v) is 7.08. The van der Waals surface area contributed by atoms with Crippen LogP contribution in [0.1, 0.15) is 25.6 Å². The van der Waals surface area contributed by atoms with E-state index in [0.717, 1.165) is 22.2 Å². The van der Waals surface area contributed by atoms with E-state index in [0.29, 0.717) is 5.88 Å². The minimum atomic E-state index is 0.184. The molecule has 3 nitrogen and oxygen atoms in total. The molecule has 0 spiro atoms. The largest absolute Gasteiger partial charge is 0.320 e. The molecule has 1 aliphatic rings. The Morgan fingerprint density at radius 1 is 1.26 bits per heavy atom. The normalized spacial score (nSPS) is 17.2. The quantitative estimate of drug-likeness (QED) is 0.663. The molecule has 0 N–H and O–H groups in total. The maximum Gasteiger partial charge on any atom is 0.125 e. The van der Waals surface area contributed by atoms with E-state index >= 15 is 0 Å². The zero-order valence-corrected chi connectivity index (χ0v) is 11.5. The Hall–Kier alpha value is -1.61. The van der Waals surface area contributed by atoms with Gasteiger partial charge < -0.3 is 4.57 Å². The first kappa shape index (κ1) is 11.2. The molecule has 0 bridgehead atoms. The van der Waals surface area contributed by atoms with E-state index in [-0.39, 0.29) is 5.54 Å². The third-order valence-electron chi connectivity index (χ3n) is 4.09. The van der Waals surface area contributed by atoms with Gasteiger partial charge in [-0.3, -0.25) is 4.98 Å². The zero-order valence-electron chi connectivity index (χ0n) is 10.7. The van der Waals surface area contributed by atoms with Gasteiger partial charge in [0.15, 0.2) is 0 Å². The van der Waals surface area contributed by atoms with Gasteiger partial charge in [-0.15, -0.1) is 11.6 Å². The van der Waals surface area contributed by atoms with E-state index in [1.54, 1.807) is 0 Å². The summed E-state index contributed by atoms with van der Waals surface area (Å²) in [5, 5.41) is 1.16. The lowest BCUT2D eigenvalue weighted by molar-refractivity contribution is 0.532. The van der Waals surface area contributed by atoms with Crippen molar-refractivity contribution in [1.82, 2.24) is 14.5 Å². The minimum Gasteiger partial charge on any atom is -0.320 e. The first-order chi connectivity index (χ1) is 9.23. The predicted octanol–water partition coefficient (Wildman–Crippen LogP) is 3.83. The van der Waals surface area contributed by atoms with Crippen LogP contribution in [0.5, 0.6) is 0 Å². The number of nitrogens with zero attached hydrogens (tertiary/aromatic N) is 3. The van der Waals surface area contributed by atoms with Gasteiger partial charge in [-0.1, -0.05) is 18.2 Å². The molecule has 0 radical (unpaired) electrons. The van der Waals surface area contributed by atoms with Crippen LogP contribution in [0, 0.1) is 0 Å². The predicted molar refractivity (Wildman–Crippen MR) is 77.5 cm³/mol. The van der Waals surface area contributed by atoms with Crippen LogP contribution in [-0.2, 0) is 11.4 Å². The molecule has 4 heteroatoms. The number of para-hydroxylation sites is 1. The molecular weight excluding hydrogens is 258 g/mol. The monoisotopic (exact) mass is 271 g/mol. The summed E-state index contributed by atoms with van der Waals surface area (Å²) < 4.78 is 2.33. The van der Waals surface area contributed by atoms with Gasteiger partial charge in [0.25, 0.3) is 0 Å². The highest BCUT2D eigenvalue weighted by molar-refractivity contribution is 6.17. The standard InChI is InChI=1S/C15H14ClN3/c1-15(6-7-15)19-13(8-16)18-12-9-17-11-5-3-2-4-10(11)14(12)19/h2-5,9H,6-8H2,1H3. The Kier molecular flexibility index (Phi) is 2.19. The number of hydrogen-bond donors (Lipinski definition) is 0. The number of hydrogen-bond acceptors (Lipinski definition) is 2. The maximum atomic E-state index is 6.08. The molecule has 19 heavy (non-hydrogen) atoms. The molecule has 0 saturated heterocycles. The topological polar surface area (TPSA) is 30.7 Å². The Morgan fingerprint density at radius 2 is 2.05 bits per heavy atom. The lowest BCUT2D eigenvalue weighted by Gasteiger charge is -2.16. The van der Waals surface area contributed by atoms with Crippen molar-refractivity contribution in [3.05, 3.63) is 36.3 Å². The average molecular weight is 272 g/mol. The molecule has 0 unspecified atom stereocenters. The third kappa shape index (κ3) is 1.51. The molecule has 4 rings (SSSR count). The Labute approximate surface area is 116 Å². The van der Waals surface area contributed by atoms with Crippen molar-refractivity contribution in [2.75, 3.05) is 0 Å². The lowest BCUT2D eigenvalue weighted by Crippen LogP contribution is -2.15. The van der Waals surface area contributed by atoms with Gasteiger partial charge in [-0.05, 0) is 25.8 Å². The Bertz CT molecular complexity index is 787. The van der Waals surface area contributed by atoms with Crippen molar-refractivity contribution in [1.29, 1.82) is 0 Å². The summed E-state index contributed by atoms with van der Waals surface area (Å²) >= 11 is 6.08. The van der Waals surface area contributed by atoms with E-state index < -0.39 is 0 Å². The number of aromatic nitrogens is 3. The average Bonchev–Trinajstić information content (AvgIpc) is 3.06. The lowest BCUT2D eigenvalue weighted by atomic mass is 10.2. The zero-order chi connectivity index (χ0) is 13.0. The third-order valence-corrected chi connectivity index (χ3v) is 4.33. The van der Waals surface area contributed by atoms with E-state index in [1.807, 2.05) is 18.3 Å². The first-order valence-electron chi connectivity index (χ1n) is 6.54. The SMILES string of the molecule is CC1(n2c(CCl)nc3cnc4ccccc4c32)CC1. The summed E-state index contributed by atoms with van der Waals surface area (Å²) in [5.74, 6) is 1.40. The highest BCUT2D eigenvalue weighted by Gasteiger charge is 2.42. The van der Waals surface area contributed by atoms with Crippen LogP contribution in [0.25, 0.3) is 21.9 Å². The fourth-order valence-electron chi connectivity index (χ4n) is 2.83. The number of halogens is 1. The molecule has 1 saturated carbocycles. The van der Waals surface area contributed by atoms with Gasteiger partial charge in [0.2, 0.25) is 0 Å². The summed E-state index contributed by atoms with van der Waals surface area (Å²) in [6, 6.07) is 8.23. The minimum absolute atomic E-state index is 0.184. The van der Waals surface area contributed by atoms with Crippen LogP contribution >= 0.6 is 11.6 Å². The van der Waals surface area contributed by atoms with Crippen molar-refractivity contribution in [2.24, 2.45) is 0 Å². The van der Waals surface area contributed by atoms with Gasteiger partial charge in [0.05, 0.1) is 23.1 Å². The van der Waals surface area contributed by atoms with Gasteiger partial charge in [0.1, 0.15) is 11.3 Å². The molecule has 3 aromatic rings. The second-order valence-corrected chi connectivity index (χ2v) is 5.77. The van der Waals surface area contributed by atoms with Crippen LogP contribution in [0.15, 0.2) is 30.5 Å². The number of alkyl halides is 1. The summed E-state index contributed by atoms with van der Waals surface area (Å²) in [6.07, 6.45) is 4.24. The Balaban J connectivity index is 2.20.